The second-order valence-corrected chi connectivity index (χ2v) is 8.45. The van der Waals surface area contributed by atoms with Crippen LogP contribution in [0.5, 0.6) is 0 Å². The number of piperazine rings is 1. The lowest BCUT2D eigenvalue weighted by atomic mass is 9.96. The number of benzene rings is 1. The van der Waals surface area contributed by atoms with Gasteiger partial charge in [-0.15, -0.1) is 11.3 Å². The number of fused-ring (bicyclic) bond motifs is 1. The second kappa shape index (κ2) is 6.50. The quantitative estimate of drug-likeness (QED) is 0.831. The highest BCUT2D eigenvalue weighted by molar-refractivity contribution is 7.18. The highest BCUT2D eigenvalue weighted by Crippen LogP contribution is 2.32. The van der Waals surface area contributed by atoms with Crippen LogP contribution in [0.4, 0.5) is 0 Å². The first-order valence-electron chi connectivity index (χ1n) is 8.89. The van der Waals surface area contributed by atoms with Gasteiger partial charge in [-0.25, -0.2) is 4.98 Å². The van der Waals surface area contributed by atoms with Crippen LogP contribution in [0.2, 0.25) is 0 Å². The molecular weight excluding hydrogens is 332 g/mol. The first-order valence-corrected chi connectivity index (χ1v) is 9.71. The predicted octanol–water partition coefficient (Wildman–Crippen LogP) is 2.96. The molecule has 0 saturated carbocycles. The minimum Gasteiger partial charge on any atom is -0.334 e. The van der Waals surface area contributed by atoms with E-state index in [1.165, 1.54) is 22.4 Å². The molecule has 1 aromatic carbocycles. The Balaban J connectivity index is 1.65. The van der Waals surface area contributed by atoms with Gasteiger partial charge in [0.2, 0.25) is 5.91 Å². The highest BCUT2D eigenvalue weighted by Gasteiger charge is 2.31. The summed E-state index contributed by atoms with van der Waals surface area (Å²) >= 11 is 1.70. The van der Waals surface area contributed by atoms with E-state index in [-0.39, 0.29) is 11.9 Å². The van der Waals surface area contributed by atoms with Gasteiger partial charge in [-0.1, -0.05) is 13.0 Å². The number of rotatable bonds is 2. The van der Waals surface area contributed by atoms with E-state index in [1.54, 1.807) is 11.3 Å². The second-order valence-electron chi connectivity index (χ2n) is 7.38. The Morgan fingerprint density at radius 2 is 2.12 bits per heavy atom. The van der Waals surface area contributed by atoms with Gasteiger partial charge in [-0.3, -0.25) is 14.7 Å². The Labute approximate surface area is 152 Å². The SMILES string of the molecule is C[C@H]1CCC(c2ccc3sc(C4CN(C)CC(=O)N4C)nc3c2)=NC1. The number of likely N-dealkylation sites (N-methyl/N-ethyl adjacent to an activating group) is 2. The van der Waals surface area contributed by atoms with E-state index in [1.807, 2.05) is 19.0 Å². The number of aromatic nitrogens is 1. The van der Waals surface area contributed by atoms with E-state index in [0.29, 0.717) is 12.5 Å². The van der Waals surface area contributed by atoms with E-state index in [4.69, 9.17) is 9.98 Å². The van der Waals surface area contributed by atoms with Gasteiger partial charge >= 0.3 is 0 Å². The van der Waals surface area contributed by atoms with Crippen LogP contribution in [0.25, 0.3) is 10.2 Å². The Morgan fingerprint density at radius 1 is 1.28 bits per heavy atom. The molecule has 3 heterocycles. The topological polar surface area (TPSA) is 48.8 Å². The molecule has 5 nitrogen and oxygen atoms in total. The zero-order valence-corrected chi connectivity index (χ0v) is 15.8. The van der Waals surface area contributed by atoms with Crippen LogP contribution in [-0.4, -0.2) is 60.1 Å². The first-order chi connectivity index (χ1) is 12.0. The van der Waals surface area contributed by atoms with Crippen molar-refractivity contribution in [2.75, 3.05) is 33.7 Å². The molecule has 132 valence electrons. The lowest BCUT2D eigenvalue weighted by Crippen LogP contribution is -2.48. The average molecular weight is 356 g/mol. The number of nitrogens with zero attached hydrogens (tertiary/aromatic N) is 4. The molecule has 6 heteroatoms. The summed E-state index contributed by atoms with van der Waals surface area (Å²) in [5.74, 6) is 0.846. The normalized spacial score (nSPS) is 25.5. The molecule has 0 radical (unpaired) electrons. The minimum atomic E-state index is 0.0416. The molecule has 0 N–H and O–H groups in total. The Hall–Kier alpha value is -1.79. The molecule has 25 heavy (non-hydrogen) atoms. The van der Waals surface area contributed by atoms with E-state index >= 15 is 0 Å². The van der Waals surface area contributed by atoms with Crippen LogP contribution in [0, 0.1) is 5.92 Å². The van der Waals surface area contributed by atoms with Crippen molar-refractivity contribution in [3.63, 3.8) is 0 Å². The molecular formula is C19H24N4OS. The van der Waals surface area contributed by atoms with Crippen molar-refractivity contribution in [3.8, 4) is 0 Å². The van der Waals surface area contributed by atoms with Crippen LogP contribution in [0.1, 0.15) is 36.4 Å². The summed E-state index contributed by atoms with van der Waals surface area (Å²) in [6, 6.07) is 6.53. The van der Waals surface area contributed by atoms with E-state index in [9.17, 15) is 4.79 Å². The summed E-state index contributed by atoms with van der Waals surface area (Å²) in [6.45, 7) is 4.51. The van der Waals surface area contributed by atoms with Crippen molar-refractivity contribution in [1.29, 1.82) is 0 Å². The minimum absolute atomic E-state index is 0.0416. The lowest BCUT2D eigenvalue weighted by Gasteiger charge is -2.36. The lowest BCUT2D eigenvalue weighted by molar-refractivity contribution is -0.137. The summed E-state index contributed by atoms with van der Waals surface area (Å²) in [4.78, 5) is 25.7. The summed E-state index contributed by atoms with van der Waals surface area (Å²) < 4.78 is 1.18. The maximum atomic E-state index is 12.1. The maximum Gasteiger partial charge on any atom is 0.237 e. The molecule has 4 rings (SSSR count). The van der Waals surface area contributed by atoms with Gasteiger partial charge in [0.25, 0.3) is 0 Å². The molecule has 0 aliphatic carbocycles. The van der Waals surface area contributed by atoms with Crippen LogP contribution < -0.4 is 0 Å². The average Bonchev–Trinajstić information content (AvgIpc) is 3.01. The molecule has 1 amide bonds. The third-order valence-corrected chi connectivity index (χ3v) is 6.38. The van der Waals surface area contributed by atoms with Crippen LogP contribution >= 0.6 is 11.3 Å². The number of carbonyl (C=O) groups excluding carboxylic acids is 1. The predicted molar refractivity (Wildman–Crippen MR) is 102 cm³/mol. The maximum absolute atomic E-state index is 12.1. The molecule has 2 aromatic rings. The van der Waals surface area contributed by atoms with Gasteiger partial charge in [0.1, 0.15) is 5.01 Å². The molecule has 0 spiro atoms. The Morgan fingerprint density at radius 3 is 2.88 bits per heavy atom. The molecule has 2 aliphatic heterocycles. The summed E-state index contributed by atoms with van der Waals surface area (Å²) in [6.07, 6.45) is 2.26. The summed E-state index contributed by atoms with van der Waals surface area (Å²) in [5, 5.41) is 1.02. The fourth-order valence-corrected chi connectivity index (χ4v) is 4.65. The van der Waals surface area contributed by atoms with Crippen LogP contribution in [0.3, 0.4) is 0 Å². The number of aliphatic imine (C=N–C) groups is 1. The van der Waals surface area contributed by atoms with E-state index in [0.717, 1.165) is 30.0 Å². The number of thiazole rings is 1. The zero-order valence-electron chi connectivity index (χ0n) is 15.0. The van der Waals surface area contributed by atoms with Crippen LogP contribution in [0.15, 0.2) is 23.2 Å². The zero-order chi connectivity index (χ0) is 17.6. The molecule has 2 aliphatic rings. The smallest absolute Gasteiger partial charge is 0.237 e. The summed E-state index contributed by atoms with van der Waals surface area (Å²) in [5.41, 5.74) is 3.42. The molecule has 2 atom stereocenters. The highest BCUT2D eigenvalue weighted by atomic mass is 32.1. The first kappa shape index (κ1) is 16.7. The Kier molecular flexibility index (Phi) is 4.33. The van der Waals surface area contributed by atoms with Crippen molar-refractivity contribution in [3.05, 3.63) is 28.8 Å². The third-order valence-electron chi connectivity index (χ3n) is 5.24. The van der Waals surface area contributed by atoms with E-state index in [2.05, 4.69) is 30.0 Å². The molecule has 0 bridgehead atoms. The van der Waals surface area contributed by atoms with Crippen molar-refractivity contribution < 1.29 is 4.79 Å². The van der Waals surface area contributed by atoms with Crippen molar-refractivity contribution >= 4 is 33.2 Å². The van der Waals surface area contributed by atoms with Crippen molar-refractivity contribution in [2.24, 2.45) is 10.9 Å². The van der Waals surface area contributed by atoms with Gasteiger partial charge in [0.15, 0.2) is 0 Å². The number of hydrogen-bond donors (Lipinski definition) is 0. The van der Waals surface area contributed by atoms with Gasteiger partial charge in [-0.05, 0) is 43.5 Å². The van der Waals surface area contributed by atoms with Crippen LogP contribution in [-0.2, 0) is 4.79 Å². The van der Waals surface area contributed by atoms with Gasteiger partial charge in [0.05, 0.1) is 22.8 Å². The third kappa shape index (κ3) is 3.20. The summed E-state index contributed by atoms with van der Waals surface area (Å²) in [7, 11) is 3.88. The molecule has 1 fully saturated rings. The Bertz CT molecular complexity index is 843. The monoisotopic (exact) mass is 356 g/mol. The van der Waals surface area contributed by atoms with Gasteiger partial charge < -0.3 is 4.90 Å². The largest absolute Gasteiger partial charge is 0.334 e. The van der Waals surface area contributed by atoms with E-state index < -0.39 is 0 Å². The standard InChI is InChI=1S/C19H24N4OS/c1-12-4-6-14(20-9-12)13-5-7-17-15(8-13)21-19(25-17)16-10-22(2)11-18(24)23(16)3/h5,7-8,12,16H,4,6,9-11H2,1-3H3/t12-,16?/m0/s1. The fraction of sp³-hybridized carbons (Fsp3) is 0.526. The molecule has 1 unspecified atom stereocenters. The van der Waals surface area contributed by atoms with Crippen molar-refractivity contribution in [2.45, 2.75) is 25.8 Å². The van der Waals surface area contributed by atoms with Crippen molar-refractivity contribution in [1.82, 2.24) is 14.8 Å². The fourth-order valence-electron chi connectivity index (χ4n) is 3.56. The van der Waals surface area contributed by atoms with Gasteiger partial charge in [0, 0.05) is 25.8 Å². The number of amides is 1. The molecule has 1 saturated heterocycles. The molecule has 1 aromatic heterocycles. The number of hydrogen-bond acceptors (Lipinski definition) is 5. The van der Waals surface area contributed by atoms with Gasteiger partial charge in [-0.2, -0.15) is 0 Å². The number of carbonyl (C=O) groups is 1.